The second-order valence-electron chi connectivity index (χ2n) is 4.41. The minimum Gasteiger partial charge on any atom is -0.370 e. The van der Waals surface area contributed by atoms with Crippen molar-refractivity contribution in [2.45, 2.75) is 26.7 Å². The van der Waals surface area contributed by atoms with Crippen LogP contribution >= 0.6 is 0 Å². The van der Waals surface area contributed by atoms with Crippen molar-refractivity contribution >= 4 is 11.7 Å². The minimum atomic E-state index is 0.0170. The van der Waals surface area contributed by atoms with Crippen molar-refractivity contribution in [2.75, 3.05) is 26.7 Å². The number of carbonyl (C=O) groups is 1. The molecule has 0 rings (SSSR count). The second kappa shape index (κ2) is 8.10. The highest BCUT2D eigenvalue weighted by molar-refractivity contribution is 5.82. The van der Waals surface area contributed by atoms with Gasteiger partial charge in [-0.2, -0.15) is 0 Å². The van der Waals surface area contributed by atoms with E-state index in [4.69, 9.17) is 11.1 Å². The first-order chi connectivity index (χ1) is 7.43. The van der Waals surface area contributed by atoms with Crippen LogP contribution in [-0.4, -0.2) is 43.3 Å². The molecule has 4 N–H and O–H groups in total. The highest BCUT2D eigenvalue weighted by atomic mass is 16.1. The molecule has 0 aliphatic rings. The summed E-state index contributed by atoms with van der Waals surface area (Å²) in [6.45, 7) is 6.00. The van der Waals surface area contributed by atoms with E-state index in [0.29, 0.717) is 6.54 Å². The van der Waals surface area contributed by atoms with Crippen LogP contribution in [0.3, 0.4) is 0 Å². The van der Waals surface area contributed by atoms with E-state index in [1.165, 1.54) is 0 Å². The molecule has 0 radical (unpaired) electrons. The molecule has 0 atom stereocenters. The van der Waals surface area contributed by atoms with Crippen molar-refractivity contribution in [3.63, 3.8) is 0 Å². The Morgan fingerprint density at radius 2 is 2.06 bits per heavy atom. The number of hydrogen-bond donors (Lipinski definition) is 3. The van der Waals surface area contributed by atoms with Gasteiger partial charge in [-0.15, -0.1) is 0 Å². The van der Waals surface area contributed by atoms with E-state index in [-0.39, 0.29) is 17.7 Å². The summed E-state index contributed by atoms with van der Waals surface area (Å²) in [5, 5.41) is 9.72. The first-order valence-electron chi connectivity index (χ1n) is 5.72. The van der Waals surface area contributed by atoms with Gasteiger partial charge in [0.2, 0.25) is 0 Å². The van der Waals surface area contributed by atoms with Crippen molar-refractivity contribution in [1.82, 2.24) is 10.2 Å². The Bertz CT molecular complexity index is 228. The quantitative estimate of drug-likeness (QED) is 0.319. The minimum absolute atomic E-state index is 0.0170. The topological polar surface area (TPSA) is 82.2 Å². The van der Waals surface area contributed by atoms with E-state index in [2.05, 4.69) is 5.32 Å². The molecule has 0 fully saturated rings. The number of nitrogens with zero attached hydrogens (tertiary/aromatic N) is 1. The molecular formula is C11H24N4O. The fourth-order valence-corrected chi connectivity index (χ4v) is 1.26. The largest absolute Gasteiger partial charge is 0.370 e. The predicted octanol–water partition coefficient (Wildman–Crippen LogP) is 0.407. The molecule has 5 heteroatoms. The van der Waals surface area contributed by atoms with E-state index in [0.717, 1.165) is 25.9 Å². The van der Waals surface area contributed by atoms with Gasteiger partial charge in [0.1, 0.15) is 5.78 Å². The highest BCUT2D eigenvalue weighted by Gasteiger charge is 2.09. The fraction of sp³-hybridized carbons (Fsp3) is 0.818. The number of nitrogens with two attached hydrogens (primary N) is 1. The first-order valence-corrected chi connectivity index (χ1v) is 5.72. The van der Waals surface area contributed by atoms with Crippen molar-refractivity contribution in [3.8, 4) is 0 Å². The summed E-state index contributed by atoms with van der Waals surface area (Å²) in [6.07, 6.45) is 1.96. The summed E-state index contributed by atoms with van der Waals surface area (Å²) in [7, 11) is 1.96. The van der Waals surface area contributed by atoms with Crippen LogP contribution in [0.2, 0.25) is 0 Å². The monoisotopic (exact) mass is 228 g/mol. The van der Waals surface area contributed by atoms with E-state index in [1.54, 1.807) is 0 Å². The van der Waals surface area contributed by atoms with E-state index < -0.39 is 0 Å². The smallest absolute Gasteiger partial charge is 0.185 e. The van der Waals surface area contributed by atoms with Gasteiger partial charge in [-0.25, -0.2) is 0 Å². The molecule has 0 aromatic heterocycles. The molecule has 0 aromatic rings. The van der Waals surface area contributed by atoms with E-state index in [1.807, 2.05) is 25.8 Å². The molecule has 5 nitrogen and oxygen atoms in total. The van der Waals surface area contributed by atoms with E-state index in [9.17, 15) is 4.79 Å². The van der Waals surface area contributed by atoms with Gasteiger partial charge in [0.15, 0.2) is 5.96 Å². The highest BCUT2D eigenvalue weighted by Crippen LogP contribution is 1.98. The number of unbranched alkanes of at least 4 members (excludes halogenated alkanes) is 1. The molecule has 0 amide bonds. The molecule has 0 aliphatic heterocycles. The normalized spacial score (nSPS) is 10.8. The molecule has 0 aliphatic carbocycles. The maximum absolute atomic E-state index is 11.4. The molecule has 0 aromatic carbocycles. The van der Waals surface area contributed by atoms with Gasteiger partial charge >= 0.3 is 0 Å². The Morgan fingerprint density at radius 1 is 1.44 bits per heavy atom. The Labute approximate surface area is 97.9 Å². The third-order valence-corrected chi connectivity index (χ3v) is 2.35. The predicted molar refractivity (Wildman–Crippen MR) is 66.5 cm³/mol. The van der Waals surface area contributed by atoms with Crippen molar-refractivity contribution in [1.29, 1.82) is 5.41 Å². The van der Waals surface area contributed by atoms with Crippen molar-refractivity contribution in [3.05, 3.63) is 0 Å². The van der Waals surface area contributed by atoms with E-state index >= 15 is 0 Å². The second-order valence-corrected chi connectivity index (χ2v) is 4.41. The maximum Gasteiger partial charge on any atom is 0.185 e. The number of rotatable bonds is 8. The Balaban J connectivity index is 3.47. The summed E-state index contributed by atoms with van der Waals surface area (Å²) in [4.78, 5) is 13.5. The molecule has 0 heterocycles. The maximum atomic E-state index is 11.4. The summed E-state index contributed by atoms with van der Waals surface area (Å²) >= 11 is 0. The number of likely N-dealkylation sites (N-methyl/N-ethyl adjacent to an activating group) is 1. The molecule has 0 spiro atoms. The molecule has 0 unspecified atom stereocenters. The molecule has 94 valence electrons. The molecule has 16 heavy (non-hydrogen) atoms. The number of ketones is 1. The lowest BCUT2D eigenvalue weighted by molar-refractivity contribution is -0.122. The first kappa shape index (κ1) is 14.9. The molecular weight excluding hydrogens is 204 g/mol. The number of hydrogen-bond acceptors (Lipinski definition) is 3. The third-order valence-electron chi connectivity index (χ3n) is 2.35. The summed E-state index contributed by atoms with van der Waals surface area (Å²) in [5.74, 6) is 0.412. The summed E-state index contributed by atoms with van der Waals surface area (Å²) in [5.41, 5.74) is 5.15. The van der Waals surface area contributed by atoms with Crippen LogP contribution < -0.4 is 11.1 Å². The van der Waals surface area contributed by atoms with Gasteiger partial charge in [0, 0.05) is 12.5 Å². The van der Waals surface area contributed by atoms with Crippen LogP contribution in [-0.2, 0) is 4.79 Å². The molecule has 0 saturated heterocycles. The fourth-order valence-electron chi connectivity index (χ4n) is 1.26. The Kier molecular flexibility index (Phi) is 7.54. The Hall–Kier alpha value is -1.10. The van der Waals surface area contributed by atoms with Crippen LogP contribution in [0, 0.1) is 11.3 Å². The number of Topliss-reactive ketones (excluding diaryl/α,β-unsaturated/α-hetero) is 1. The van der Waals surface area contributed by atoms with Gasteiger partial charge in [-0.3, -0.25) is 15.1 Å². The SMILES string of the molecule is CC(C)C(=O)CN(C)CCCCNC(=N)N. The van der Waals surface area contributed by atoms with Gasteiger partial charge in [-0.1, -0.05) is 13.8 Å². The van der Waals surface area contributed by atoms with Crippen LogP contribution in [0.25, 0.3) is 0 Å². The third kappa shape index (κ3) is 8.23. The zero-order chi connectivity index (χ0) is 12.6. The van der Waals surface area contributed by atoms with Crippen molar-refractivity contribution in [2.24, 2.45) is 11.7 Å². The average Bonchev–Trinajstić information content (AvgIpc) is 2.16. The number of guanidine groups is 1. The zero-order valence-electron chi connectivity index (χ0n) is 10.5. The van der Waals surface area contributed by atoms with Crippen LogP contribution in [0.15, 0.2) is 0 Å². The molecule has 0 saturated carbocycles. The van der Waals surface area contributed by atoms with Gasteiger partial charge in [0.05, 0.1) is 6.54 Å². The van der Waals surface area contributed by atoms with Crippen LogP contribution in [0.4, 0.5) is 0 Å². The lowest BCUT2D eigenvalue weighted by Gasteiger charge is -2.16. The Morgan fingerprint density at radius 3 is 2.56 bits per heavy atom. The lowest BCUT2D eigenvalue weighted by atomic mass is 10.1. The average molecular weight is 228 g/mol. The van der Waals surface area contributed by atoms with Crippen LogP contribution in [0.5, 0.6) is 0 Å². The van der Waals surface area contributed by atoms with Crippen molar-refractivity contribution < 1.29 is 4.79 Å². The number of nitrogens with one attached hydrogen (secondary N) is 2. The molecule has 0 bridgehead atoms. The number of carbonyl (C=O) groups excluding carboxylic acids is 1. The van der Waals surface area contributed by atoms with Gasteiger partial charge in [-0.05, 0) is 26.4 Å². The van der Waals surface area contributed by atoms with Crippen LogP contribution in [0.1, 0.15) is 26.7 Å². The standard InChI is InChI=1S/C11H24N4O/c1-9(2)10(16)8-15(3)7-5-4-6-14-11(12)13/h9H,4-8H2,1-3H3,(H4,12,13,14). The summed E-state index contributed by atoms with van der Waals surface area (Å²) < 4.78 is 0. The zero-order valence-corrected chi connectivity index (χ0v) is 10.5. The summed E-state index contributed by atoms with van der Waals surface area (Å²) in [6, 6.07) is 0. The van der Waals surface area contributed by atoms with Gasteiger partial charge in [0.25, 0.3) is 0 Å². The van der Waals surface area contributed by atoms with Gasteiger partial charge < -0.3 is 11.1 Å². The lowest BCUT2D eigenvalue weighted by Crippen LogP contribution is -2.32.